The van der Waals surface area contributed by atoms with Gasteiger partial charge in [0.2, 0.25) is 0 Å². The topological polar surface area (TPSA) is 87.2 Å². The molecule has 7 nitrogen and oxygen atoms in total. The van der Waals surface area contributed by atoms with E-state index in [0.29, 0.717) is 17.5 Å². The summed E-state index contributed by atoms with van der Waals surface area (Å²) < 4.78 is 0. The fraction of sp³-hybridized carbons (Fsp3) is 0.368. The Morgan fingerprint density at radius 1 is 1.11 bits per heavy atom. The van der Waals surface area contributed by atoms with Gasteiger partial charge in [-0.15, -0.1) is 0 Å². The van der Waals surface area contributed by atoms with Crippen molar-refractivity contribution in [3.05, 3.63) is 53.4 Å². The van der Waals surface area contributed by atoms with E-state index in [1.807, 2.05) is 18.2 Å². The zero-order valence-corrected chi connectivity index (χ0v) is 15.7. The normalized spacial score (nSPS) is 14.6. The number of nitrogens with one attached hydrogen (secondary N) is 2. The second kappa shape index (κ2) is 9.32. The first-order valence-corrected chi connectivity index (χ1v) is 9.31. The number of aromatic nitrogens is 2. The summed E-state index contributed by atoms with van der Waals surface area (Å²) in [5.74, 6) is -0.0394. The molecule has 27 heavy (non-hydrogen) atoms. The van der Waals surface area contributed by atoms with E-state index in [1.54, 1.807) is 24.7 Å². The summed E-state index contributed by atoms with van der Waals surface area (Å²) >= 11 is 6.04. The molecule has 0 atom stereocenters. The molecule has 0 bridgehead atoms. The van der Waals surface area contributed by atoms with Crippen LogP contribution in [0, 0.1) is 5.92 Å². The predicted octanol–water partition coefficient (Wildman–Crippen LogP) is 1.78. The minimum atomic E-state index is -0.646. The lowest BCUT2D eigenvalue weighted by molar-refractivity contribution is -0.139. The molecule has 0 saturated carbocycles. The lowest BCUT2D eigenvalue weighted by Crippen LogP contribution is -2.43. The van der Waals surface area contributed by atoms with Crippen LogP contribution < -0.4 is 15.5 Å². The molecule has 142 valence electrons. The van der Waals surface area contributed by atoms with Crippen molar-refractivity contribution in [3.8, 4) is 0 Å². The number of benzene rings is 1. The van der Waals surface area contributed by atoms with Gasteiger partial charge in [0.1, 0.15) is 5.82 Å². The zero-order chi connectivity index (χ0) is 19.1. The van der Waals surface area contributed by atoms with Crippen molar-refractivity contribution >= 4 is 29.2 Å². The van der Waals surface area contributed by atoms with Gasteiger partial charge in [-0.3, -0.25) is 14.6 Å². The molecule has 0 spiro atoms. The van der Waals surface area contributed by atoms with E-state index >= 15 is 0 Å². The van der Waals surface area contributed by atoms with Crippen LogP contribution in [0.25, 0.3) is 0 Å². The maximum Gasteiger partial charge on any atom is 0.309 e. The van der Waals surface area contributed by atoms with Gasteiger partial charge in [0.15, 0.2) is 0 Å². The van der Waals surface area contributed by atoms with E-state index in [1.165, 1.54) is 0 Å². The van der Waals surface area contributed by atoms with E-state index in [9.17, 15) is 9.59 Å². The van der Waals surface area contributed by atoms with Crippen molar-refractivity contribution in [1.82, 2.24) is 20.6 Å². The third kappa shape index (κ3) is 5.40. The average Bonchev–Trinajstić information content (AvgIpc) is 2.72. The third-order valence-corrected chi connectivity index (χ3v) is 5.01. The fourth-order valence-corrected chi connectivity index (χ4v) is 3.24. The van der Waals surface area contributed by atoms with Crippen molar-refractivity contribution in [2.24, 2.45) is 5.92 Å². The average molecular weight is 388 g/mol. The summed E-state index contributed by atoms with van der Waals surface area (Å²) in [4.78, 5) is 34.5. The lowest BCUT2D eigenvalue weighted by atomic mass is 9.97. The molecule has 2 aromatic rings. The number of anilines is 1. The molecule has 1 saturated heterocycles. The number of carbonyl (C=O) groups excluding carboxylic acids is 2. The van der Waals surface area contributed by atoms with Gasteiger partial charge in [-0.25, -0.2) is 4.98 Å². The van der Waals surface area contributed by atoms with Gasteiger partial charge in [-0.1, -0.05) is 29.8 Å². The Kier molecular flexibility index (Phi) is 6.59. The molecular weight excluding hydrogens is 366 g/mol. The molecule has 0 radical (unpaired) electrons. The number of piperidine rings is 1. The number of carbonyl (C=O) groups is 2. The summed E-state index contributed by atoms with van der Waals surface area (Å²) in [5.41, 5.74) is 0.775. The first kappa shape index (κ1) is 19.1. The summed E-state index contributed by atoms with van der Waals surface area (Å²) in [6.07, 6.45) is 6.95. The molecule has 2 amide bonds. The van der Waals surface area contributed by atoms with E-state index in [2.05, 4.69) is 25.5 Å². The van der Waals surface area contributed by atoms with Crippen LogP contribution in [0.5, 0.6) is 0 Å². The van der Waals surface area contributed by atoms with E-state index in [-0.39, 0.29) is 6.54 Å². The van der Waals surface area contributed by atoms with Crippen molar-refractivity contribution in [1.29, 1.82) is 0 Å². The minimum Gasteiger partial charge on any atom is -0.355 e. The molecule has 2 heterocycles. The Hall–Kier alpha value is -2.67. The smallest absolute Gasteiger partial charge is 0.309 e. The highest BCUT2D eigenvalue weighted by atomic mass is 35.5. The summed E-state index contributed by atoms with van der Waals surface area (Å²) in [5, 5.41) is 5.89. The molecular formula is C19H22ClN5O2. The Bertz CT molecular complexity index is 779. The number of amides is 2. The highest BCUT2D eigenvalue weighted by Gasteiger charge is 2.22. The standard InChI is InChI=1S/C19H22ClN5O2/c20-16-4-2-1-3-15(16)12-24-19(27)18(26)23-11-14-5-9-25(10-6-14)17-13-21-7-8-22-17/h1-4,7-8,13-14H,5-6,9-12H2,(H,23,26)(H,24,27). The zero-order valence-electron chi connectivity index (χ0n) is 14.9. The number of rotatable bonds is 5. The van der Waals surface area contributed by atoms with Gasteiger partial charge < -0.3 is 15.5 Å². The van der Waals surface area contributed by atoms with Crippen LogP contribution in [-0.4, -0.2) is 41.4 Å². The highest BCUT2D eigenvalue weighted by Crippen LogP contribution is 2.20. The Balaban J connectivity index is 1.38. The molecule has 2 N–H and O–H groups in total. The van der Waals surface area contributed by atoms with E-state index < -0.39 is 11.8 Å². The van der Waals surface area contributed by atoms with Crippen LogP contribution >= 0.6 is 11.6 Å². The highest BCUT2D eigenvalue weighted by molar-refractivity contribution is 6.35. The first-order valence-electron chi connectivity index (χ1n) is 8.94. The Morgan fingerprint density at radius 2 is 1.85 bits per heavy atom. The van der Waals surface area contributed by atoms with Crippen molar-refractivity contribution in [2.75, 3.05) is 24.5 Å². The Morgan fingerprint density at radius 3 is 2.56 bits per heavy atom. The van der Waals surface area contributed by atoms with E-state index in [0.717, 1.165) is 37.3 Å². The second-order valence-corrected chi connectivity index (χ2v) is 6.89. The molecule has 1 fully saturated rings. The quantitative estimate of drug-likeness (QED) is 0.763. The van der Waals surface area contributed by atoms with Crippen LogP contribution in [0.3, 0.4) is 0 Å². The van der Waals surface area contributed by atoms with E-state index in [4.69, 9.17) is 11.6 Å². The van der Waals surface area contributed by atoms with Gasteiger partial charge in [0, 0.05) is 43.6 Å². The summed E-state index contributed by atoms with van der Waals surface area (Å²) in [6.45, 7) is 2.44. The lowest BCUT2D eigenvalue weighted by Gasteiger charge is -2.32. The van der Waals surface area contributed by atoms with Crippen molar-refractivity contribution in [3.63, 3.8) is 0 Å². The number of hydrogen-bond donors (Lipinski definition) is 2. The van der Waals surface area contributed by atoms with Gasteiger partial charge in [0.05, 0.1) is 6.20 Å². The molecule has 1 aliphatic heterocycles. The van der Waals surface area contributed by atoms with Gasteiger partial charge in [0.25, 0.3) is 0 Å². The number of nitrogens with zero attached hydrogens (tertiary/aromatic N) is 3. The second-order valence-electron chi connectivity index (χ2n) is 6.48. The van der Waals surface area contributed by atoms with Crippen LogP contribution in [0.4, 0.5) is 5.82 Å². The fourth-order valence-electron chi connectivity index (χ4n) is 3.04. The molecule has 1 aliphatic rings. The summed E-state index contributed by atoms with van der Waals surface area (Å²) in [6, 6.07) is 7.21. The number of halogens is 1. The molecule has 8 heteroatoms. The molecule has 0 aliphatic carbocycles. The first-order chi connectivity index (χ1) is 13.1. The van der Waals surface area contributed by atoms with Gasteiger partial charge in [-0.05, 0) is 30.4 Å². The maximum absolute atomic E-state index is 12.0. The predicted molar refractivity (Wildman–Crippen MR) is 103 cm³/mol. The van der Waals surface area contributed by atoms with Crippen LogP contribution in [-0.2, 0) is 16.1 Å². The van der Waals surface area contributed by atoms with Crippen molar-refractivity contribution < 1.29 is 9.59 Å². The van der Waals surface area contributed by atoms with Crippen LogP contribution in [0.15, 0.2) is 42.9 Å². The van der Waals surface area contributed by atoms with Crippen LogP contribution in [0.1, 0.15) is 18.4 Å². The molecule has 3 rings (SSSR count). The van der Waals surface area contributed by atoms with Crippen LogP contribution in [0.2, 0.25) is 5.02 Å². The molecule has 0 unspecified atom stereocenters. The van der Waals surface area contributed by atoms with Gasteiger partial charge in [-0.2, -0.15) is 0 Å². The molecule has 1 aromatic carbocycles. The SMILES string of the molecule is O=C(NCc1ccccc1Cl)C(=O)NCC1CCN(c2cnccn2)CC1. The van der Waals surface area contributed by atoms with Gasteiger partial charge >= 0.3 is 11.8 Å². The largest absolute Gasteiger partial charge is 0.355 e. The summed E-state index contributed by atoms with van der Waals surface area (Å²) in [7, 11) is 0. The monoisotopic (exact) mass is 387 g/mol. The molecule has 1 aromatic heterocycles. The maximum atomic E-state index is 12.0. The minimum absolute atomic E-state index is 0.225. The third-order valence-electron chi connectivity index (χ3n) is 4.64. The van der Waals surface area contributed by atoms with Crippen molar-refractivity contribution in [2.45, 2.75) is 19.4 Å². The number of hydrogen-bond acceptors (Lipinski definition) is 5. The Labute approximate surface area is 163 Å².